The number of alkyl halides is 1. The van der Waals surface area contributed by atoms with Gasteiger partial charge in [0.1, 0.15) is 5.67 Å². The van der Waals surface area contributed by atoms with E-state index in [1.165, 1.54) is 28.7 Å². The van der Waals surface area contributed by atoms with Gasteiger partial charge in [0.15, 0.2) is 0 Å². The van der Waals surface area contributed by atoms with Gasteiger partial charge in [-0.3, -0.25) is 4.99 Å². The second-order valence-electron chi connectivity index (χ2n) is 8.99. The van der Waals surface area contributed by atoms with E-state index in [0.717, 1.165) is 30.5 Å². The highest BCUT2D eigenvalue weighted by atomic mass is 19.1. The third-order valence-corrected chi connectivity index (χ3v) is 5.93. The maximum Gasteiger partial charge on any atom is 0.130 e. The van der Waals surface area contributed by atoms with Gasteiger partial charge in [0.25, 0.3) is 0 Å². The third kappa shape index (κ3) is 5.56. The Bertz CT molecular complexity index is 955. The molecule has 0 fully saturated rings. The van der Waals surface area contributed by atoms with Gasteiger partial charge in [0, 0.05) is 12.6 Å². The molecule has 1 heterocycles. The molecule has 0 spiro atoms. The fourth-order valence-corrected chi connectivity index (χ4v) is 3.84. The SMILES string of the molecule is CCC/C=C\c1cc(CC(C)C2=CN=C(c3ccc(C(C)(C)F)cc3)C2)ccc1C. The van der Waals surface area contributed by atoms with Gasteiger partial charge < -0.3 is 0 Å². The van der Waals surface area contributed by atoms with Crippen molar-refractivity contribution in [3.63, 3.8) is 0 Å². The van der Waals surface area contributed by atoms with Crippen molar-refractivity contribution >= 4 is 11.8 Å². The summed E-state index contributed by atoms with van der Waals surface area (Å²) in [7, 11) is 0. The van der Waals surface area contributed by atoms with E-state index in [1.54, 1.807) is 13.8 Å². The standard InChI is InChI=1S/C28H34FN/c1-6-7-8-9-24-17-22(11-10-20(24)2)16-21(3)25-18-27(30-19-25)23-12-14-26(15-13-23)28(4,5)29/h8-15,17,19,21H,6-7,16,18H2,1-5H3/b9-8-. The first kappa shape index (κ1) is 22.2. The van der Waals surface area contributed by atoms with Crippen LogP contribution in [0.4, 0.5) is 4.39 Å². The van der Waals surface area contributed by atoms with Crippen LogP contribution in [0.25, 0.3) is 6.08 Å². The first-order valence-corrected chi connectivity index (χ1v) is 11.1. The van der Waals surface area contributed by atoms with Crippen LogP contribution in [0.3, 0.4) is 0 Å². The highest BCUT2D eigenvalue weighted by Gasteiger charge is 2.21. The Morgan fingerprint density at radius 2 is 1.87 bits per heavy atom. The summed E-state index contributed by atoms with van der Waals surface area (Å²) in [6.45, 7) is 9.84. The molecule has 1 aliphatic rings. The Labute approximate surface area is 181 Å². The Balaban J connectivity index is 1.63. The predicted octanol–water partition coefficient (Wildman–Crippen LogP) is 7.97. The molecule has 1 nitrogen and oxygen atoms in total. The molecule has 1 atom stereocenters. The summed E-state index contributed by atoms with van der Waals surface area (Å²) in [5.74, 6) is 0.436. The second-order valence-corrected chi connectivity index (χ2v) is 8.99. The van der Waals surface area contributed by atoms with Crippen molar-refractivity contribution in [1.82, 2.24) is 0 Å². The maximum absolute atomic E-state index is 14.1. The quantitative estimate of drug-likeness (QED) is 0.424. The summed E-state index contributed by atoms with van der Waals surface area (Å²) < 4.78 is 14.1. The summed E-state index contributed by atoms with van der Waals surface area (Å²) in [6.07, 6.45) is 10.7. The van der Waals surface area contributed by atoms with Crippen LogP contribution in [-0.4, -0.2) is 5.71 Å². The summed E-state index contributed by atoms with van der Waals surface area (Å²) >= 11 is 0. The topological polar surface area (TPSA) is 12.4 Å². The molecule has 0 aromatic heterocycles. The number of hydrogen-bond acceptors (Lipinski definition) is 1. The lowest BCUT2D eigenvalue weighted by Crippen LogP contribution is -2.10. The fourth-order valence-electron chi connectivity index (χ4n) is 3.84. The lowest BCUT2D eigenvalue weighted by atomic mass is 9.89. The van der Waals surface area contributed by atoms with Crippen molar-refractivity contribution in [2.75, 3.05) is 0 Å². The Morgan fingerprint density at radius 3 is 2.53 bits per heavy atom. The van der Waals surface area contributed by atoms with Crippen molar-refractivity contribution in [3.05, 3.63) is 88.1 Å². The molecule has 30 heavy (non-hydrogen) atoms. The Morgan fingerprint density at radius 1 is 1.13 bits per heavy atom. The van der Waals surface area contributed by atoms with Gasteiger partial charge in [-0.15, -0.1) is 0 Å². The van der Waals surface area contributed by atoms with Crippen LogP contribution in [0, 0.1) is 12.8 Å². The molecule has 0 amide bonds. The average molecular weight is 404 g/mol. The number of unbranched alkanes of at least 4 members (excludes halogenated alkanes) is 1. The van der Waals surface area contributed by atoms with Gasteiger partial charge >= 0.3 is 0 Å². The first-order chi connectivity index (χ1) is 14.3. The van der Waals surface area contributed by atoms with Crippen LogP contribution in [0.5, 0.6) is 0 Å². The number of benzene rings is 2. The highest BCUT2D eigenvalue weighted by Crippen LogP contribution is 2.29. The zero-order chi connectivity index (χ0) is 21.7. The van der Waals surface area contributed by atoms with Crippen molar-refractivity contribution in [3.8, 4) is 0 Å². The van der Waals surface area contributed by atoms with E-state index >= 15 is 0 Å². The van der Waals surface area contributed by atoms with Gasteiger partial charge in [-0.05, 0) is 72.9 Å². The highest BCUT2D eigenvalue weighted by molar-refractivity contribution is 6.03. The molecule has 2 aromatic rings. The molecule has 1 unspecified atom stereocenters. The molecular weight excluding hydrogens is 369 g/mol. The molecule has 2 heteroatoms. The number of allylic oxidation sites excluding steroid dienone is 2. The van der Waals surface area contributed by atoms with Crippen LogP contribution in [0.15, 0.2) is 65.3 Å². The Hall–Kier alpha value is -2.48. The van der Waals surface area contributed by atoms with Crippen molar-refractivity contribution < 1.29 is 4.39 Å². The zero-order valence-corrected chi connectivity index (χ0v) is 19.0. The summed E-state index contributed by atoms with van der Waals surface area (Å²) in [5, 5.41) is 0. The summed E-state index contributed by atoms with van der Waals surface area (Å²) in [5.41, 5.74) is 6.93. The van der Waals surface area contributed by atoms with Crippen LogP contribution < -0.4 is 0 Å². The minimum Gasteiger partial charge on any atom is -0.260 e. The largest absolute Gasteiger partial charge is 0.260 e. The lowest BCUT2D eigenvalue weighted by Gasteiger charge is -2.16. The number of aliphatic imine (C=N–C) groups is 1. The number of hydrogen-bond donors (Lipinski definition) is 0. The minimum absolute atomic E-state index is 0.436. The number of halogens is 1. The van der Waals surface area contributed by atoms with Gasteiger partial charge in [-0.25, -0.2) is 4.39 Å². The molecular formula is C28H34FN. The van der Waals surface area contributed by atoms with Gasteiger partial charge in [0.05, 0.1) is 5.71 Å². The fraction of sp³-hybridized carbons (Fsp3) is 0.393. The summed E-state index contributed by atoms with van der Waals surface area (Å²) in [4.78, 5) is 4.67. The molecule has 1 aliphatic heterocycles. The minimum atomic E-state index is -1.31. The molecule has 0 N–H and O–H groups in total. The van der Waals surface area contributed by atoms with Crippen LogP contribution in [0.1, 0.15) is 74.8 Å². The van der Waals surface area contributed by atoms with Crippen molar-refractivity contribution in [2.45, 2.75) is 66.0 Å². The average Bonchev–Trinajstić information content (AvgIpc) is 3.20. The monoisotopic (exact) mass is 403 g/mol. The molecule has 0 saturated carbocycles. The van der Waals surface area contributed by atoms with Gasteiger partial charge in [0.2, 0.25) is 0 Å². The molecule has 2 aromatic carbocycles. The molecule has 0 aliphatic carbocycles. The van der Waals surface area contributed by atoms with Crippen molar-refractivity contribution in [2.24, 2.45) is 10.9 Å². The third-order valence-electron chi connectivity index (χ3n) is 5.93. The van der Waals surface area contributed by atoms with Crippen molar-refractivity contribution in [1.29, 1.82) is 0 Å². The smallest absolute Gasteiger partial charge is 0.130 e. The maximum atomic E-state index is 14.1. The summed E-state index contributed by atoms with van der Waals surface area (Å²) in [6, 6.07) is 14.5. The molecule has 0 saturated heterocycles. The van der Waals surface area contributed by atoms with Crippen LogP contribution in [-0.2, 0) is 12.1 Å². The van der Waals surface area contributed by atoms with E-state index in [1.807, 2.05) is 30.5 Å². The van der Waals surface area contributed by atoms with E-state index in [4.69, 9.17) is 0 Å². The first-order valence-electron chi connectivity index (χ1n) is 11.1. The van der Waals surface area contributed by atoms with E-state index in [-0.39, 0.29) is 0 Å². The Kier molecular flexibility index (Phi) is 7.07. The van der Waals surface area contributed by atoms with Crippen LogP contribution >= 0.6 is 0 Å². The van der Waals surface area contributed by atoms with Gasteiger partial charge in [-0.2, -0.15) is 0 Å². The predicted molar refractivity (Wildman–Crippen MR) is 128 cm³/mol. The van der Waals surface area contributed by atoms with E-state index < -0.39 is 5.67 Å². The van der Waals surface area contributed by atoms with E-state index in [2.05, 4.69) is 56.1 Å². The lowest BCUT2D eigenvalue weighted by molar-refractivity contribution is 0.221. The number of nitrogens with zero attached hydrogens (tertiary/aromatic N) is 1. The number of aryl methyl sites for hydroxylation is 1. The normalized spacial score (nSPS) is 15.4. The van der Waals surface area contributed by atoms with E-state index in [0.29, 0.717) is 11.5 Å². The molecule has 158 valence electrons. The zero-order valence-electron chi connectivity index (χ0n) is 19.0. The second kappa shape index (κ2) is 9.55. The van der Waals surface area contributed by atoms with E-state index in [9.17, 15) is 4.39 Å². The molecule has 3 rings (SSSR count). The number of rotatable bonds is 8. The molecule has 0 bridgehead atoms. The van der Waals surface area contributed by atoms with Gasteiger partial charge in [-0.1, -0.05) is 74.9 Å². The molecule has 0 radical (unpaired) electrons. The van der Waals surface area contributed by atoms with Crippen LogP contribution in [0.2, 0.25) is 0 Å².